The van der Waals surface area contributed by atoms with E-state index in [1.807, 2.05) is 33.0 Å². The van der Waals surface area contributed by atoms with E-state index in [1.165, 1.54) is 18.1 Å². The minimum Gasteiger partial charge on any atom is -0.495 e. The SMILES string of the molecule is COc1cc(C)c(C)cc1S(=O)(=O)NCCc1c(C)n(C)c2ccccc12. The first-order valence-corrected chi connectivity index (χ1v) is 10.4. The lowest BCUT2D eigenvalue weighted by Gasteiger charge is -2.13. The third kappa shape index (κ3) is 3.59. The zero-order valence-electron chi connectivity index (χ0n) is 16.5. The number of ether oxygens (including phenoxy) is 1. The van der Waals surface area contributed by atoms with Gasteiger partial charge in [0.05, 0.1) is 7.11 Å². The third-order valence-corrected chi connectivity index (χ3v) is 6.75. The molecule has 0 fully saturated rings. The van der Waals surface area contributed by atoms with Gasteiger partial charge in [0.1, 0.15) is 10.6 Å². The fraction of sp³-hybridized carbons (Fsp3) is 0.333. The molecule has 0 aliphatic carbocycles. The smallest absolute Gasteiger partial charge is 0.244 e. The van der Waals surface area contributed by atoms with Crippen LogP contribution in [0, 0.1) is 20.8 Å². The average Bonchev–Trinajstić information content (AvgIpc) is 2.88. The van der Waals surface area contributed by atoms with Crippen LogP contribution in [0.5, 0.6) is 5.75 Å². The summed E-state index contributed by atoms with van der Waals surface area (Å²) in [6.45, 7) is 6.22. The maximum atomic E-state index is 12.8. The topological polar surface area (TPSA) is 60.3 Å². The van der Waals surface area contributed by atoms with E-state index in [2.05, 4.69) is 28.3 Å². The number of benzene rings is 2. The molecule has 1 heterocycles. The summed E-state index contributed by atoms with van der Waals surface area (Å²) in [6.07, 6.45) is 0.625. The summed E-state index contributed by atoms with van der Waals surface area (Å²) in [4.78, 5) is 0.183. The Labute approximate surface area is 161 Å². The molecule has 0 atom stereocenters. The average molecular weight is 387 g/mol. The van der Waals surface area contributed by atoms with Crippen LogP contribution in [0.1, 0.15) is 22.4 Å². The molecule has 1 aromatic heterocycles. The first kappa shape index (κ1) is 19.5. The molecule has 0 spiro atoms. The summed E-state index contributed by atoms with van der Waals surface area (Å²) in [5, 5.41) is 1.17. The Morgan fingerprint density at radius 1 is 1.07 bits per heavy atom. The highest BCUT2D eigenvalue weighted by Gasteiger charge is 2.21. The fourth-order valence-corrected chi connectivity index (χ4v) is 4.70. The Bertz CT molecular complexity index is 1100. The quantitative estimate of drug-likeness (QED) is 0.704. The number of sulfonamides is 1. The normalized spacial score (nSPS) is 11.9. The summed E-state index contributed by atoms with van der Waals surface area (Å²) in [7, 11) is -0.132. The number of methoxy groups -OCH3 is 1. The first-order chi connectivity index (χ1) is 12.8. The molecule has 0 aliphatic rings. The van der Waals surface area contributed by atoms with E-state index in [9.17, 15) is 8.42 Å². The summed E-state index contributed by atoms with van der Waals surface area (Å²) in [6, 6.07) is 11.6. The van der Waals surface area contributed by atoms with Gasteiger partial charge in [0.25, 0.3) is 0 Å². The van der Waals surface area contributed by atoms with Gasteiger partial charge < -0.3 is 9.30 Å². The molecule has 27 heavy (non-hydrogen) atoms. The lowest BCUT2D eigenvalue weighted by molar-refractivity contribution is 0.402. The van der Waals surface area contributed by atoms with Crippen LogP contribution in [0.2, 0.25) is 0 Å². The molecule has 3 rings (SSSR count). The van der Waals surface area contributed by atoms with Crippen molar-refractivity contribution in [3.8, 4) is 5.75 Å². The number of fused-ring (bicyclic) bond motifs is 1. The van der Waals surface area contributed by atoms with Crippen molar-refractivity contribution in [3.63, 3.8) is 0 Å². The Balaban J connectivity index is 1.84. The second kappa shape index (κ2) is 7.37. The second-order valence-corrected chi connectivity index (χ2v) is 8.61. The predicted molar refractivity (Wildman–Crippen MR) is 109 cm³/mol. The van der Waals surface area contributed by atoms with Crippen LogP contribution in [0.15, 0.2) is 41.3 Å². The number of rotatable bonds is 6. The third-order valence-electron chi connectivity index (χ3n) is 5.27. The number of nitrogens with one attached hydrogen (secondary N) is 1. The van der Waals surface area contributed by atoms with Crippen LogP contribution in [0.4, 0.5) is 0 Å². The van der Waals surface area contributed by atoms with Crippen molar-refractivity contribution in [1.82, 2.24) is 9.29 Å². The van der Waals surface area contributed by atoms with Gasteiger partial charge in [-0.3, -0.25) is 0 Å². The summed E-state index contributed by atoms with van der Waals surface area (Å²) in [5.74, 6) is 0.368. The van der Waals surface area contributed by atoms with Gasteiger partial charge in [0.15, 0.2) is 0 Å². The second-order valence-electron chi connectivity index (χ2n) is 6.88. The molecule has 0 bridgehead atoms. The van der Waals surface area contributed by atoms with Crippen molar-refractivity contribution in [2.45, 2.75) is 32.1 Å². The maximum absolute atomic E-state index is 12.8. The number of hydrogen-bond acceptors (Lipinski definition) is 3. The van der Waals surface area contributed by atoms with Gasteiger partial charge in [-0.15, -0.1) is 0 Å². The Kier molecular flexibility index (Phi) is 5.31. The number of hydrogen-bond donors (Lipinski definition) is 1. The van der Waals surface area contributed by atoms with Crippen LogP contribution in [-0.2, 0) is 23.5 Å². The molecule has 144 valence electrons. The van der Waals surface area contributed by atoms with Gasteiger partial charge in [-0.05, 0) is 62.1 Å². The zero-order valence-corrected chi connectivity index (χ0v) is 17.3. The number of aromatic nitrogens is 1. The molecule has 0 radical (unpaired) electrons. The van der Waals surface area contributed by atoms with Crippen LogP contribution in [-0.4, -0.2) is 26.6 Å². The van der Waals surface area contributed by atoms with E-state index in [0.29, 0.717) is 18.7 Å². The molecule has 6 heteroatoms. The van der Waals surface area contributed by atoms with Crippen LogP contribution in [0.25, 0.3) is 10.9 Å². The zero-order chi connectivity index (χ0) is 19.8. The Morgan fingerprint density at radius 2 is 1.74 bits per heavy atom. The van der Waals surface area contributed by atoms with E-state index in [0.717, 1.165) is 22.3 Å². The van der Waals surface area contributed by atoms with Crippen molar-refractivity contribution in [1.29, 1.82) is 0 Å². The molecule has 1 N–H and O–H groups in total. The van der Waals surface area contributed by atoms with Gasteiger partial charge in [0.2, 0.25) is 10.0 Å². The van der Waals surface area contributed by atoms with Gasteiger partial charge in [0, 0.05) is 30.2 Å². The Hall–Kier alpha value is -2.31. The molecular weight excluding hydrogens is 360 g/mol. The van der Waals surface area contributed by atoms with Crippen LogP contribution >= 0.6 is 0 Å². The Morgan fingerprint density at radius 3 is 2.44 bits per heavy atom. The summed E-state index contributed by atoms with van der Waals surface area (Å²) in [5.41, 5.74) is 5.39. The van der Waals surface area contributed by atoms with Crippen molar-refractivity contribution in [2.75, 3.05) is 13.7 Å². The van der Waals surface area contributed by atoms with Crippen LogP contribution in [0.3, 0.4) is 0 Å². The predicted octanol–water partition coefficient (Wildman–Crippen LogP) is 3.63. The fourth-order valence-electron chi connectivity index (χ4n) is 3.44. The summed E-state index contributed by atoms with van der Waals surface area (Å²) < 4.78 is 35.8. The largest absolute Gasteiger partial charge is 0.495 e. The standard InChI is InChI=1S/C21H26N2O3S/c1-14-12-20(26-5)21(13-15(14)2)27(24,25)22-11-10-17-16(3)23(4)19-9-7-6-8-18(17)19/h6-9,12-13,22H,10-11H2,1-5H3. The molecule has 0 saturated carbocycles. The van der Waals surface area contributed by atoms with Crippen molar-refractivity contribution in [3.05, 3.63) is 58.8 Å². The van der Waals surface area contributed by atoms with Crippen LogP contribution < -0.4 is 9.46 Å². The monoisotopic (exact) mass is 386 g/mol. The summed E-state index contributed by atoms with van der Waals surface area (Å²) >= 11 is 0. The molecule has 5 nitrogen and oxygen atoms in total. The molecule has 3 aromatic rings. The molecule has 0 saturated heterocycles. The van der Waals surface area contributed by atoms with Gasteiger partial charge in [-0.2, -0.15) is 0 Å². The van der Waals surface area contributed by atoms with Crippen molar-refractivity contribution in [2.24, 2.45) is 7.05 Å². The number of nitrogens with zero attached hydrogens (tertiary/aromatic N) is 1. The van der Waals surface area contributed by atoms with Gasteiger partial charge >= 0.3 is 0 Å². The molecule has 2 aromatic carbocycles. The lowest BCUT2D eigenvalue weighted by Crippen LogP contribution is -2.26. The first-order valence-electron chi connectivity index (χ1n) is 8.94. The maximum Gasteiger partial charge on any atom is 0.244 e. The minimum absolute atomic E-state index is 0.183. The highest BCUT2D eigenvalue weighted by Crippen LogP contribution is 2.28. The molecule has 0 aliphatic heterocycles. The van der Waals surface area contributed by atoms with E-state index in [1.54, 1.807) is 12.1 Å². The highest BCUT2D eigenvalue weighted by atomic mass is 32.2. The van der Waals surface area contributed by atoms with Gasteiger partial charge in [-0.1, -0.05) is 18.2 Å². The van der Waals surface area contributed by atoms with E-state index in [-0.39, 0.29) is 4.90 Å². The lowest BCUT2D eigenvalue weighted by atomic mass is 10.1. The van der Waals surface area contributed by atoms with Crippen molar-refractivity contribution >= 4 is 20.9 Å². The number of para-hydroxylation sites is 1. The number of aryl methyl sites for hydroxylation is 3. The van der Waals surface area contributed by atoms with E-state index >= 15 is 0 Å². The van der Waals surface area contributed by atoms with E-state index < -0.39 is 10.0 Å². The molecular formula is C21H26N2O3S. The molecule has 0 amide bonds. The van der Waals surface area contributed by atoms with E-state index in [4.69, 9.17) is 4.74 Å². The molecule has 0 unspecified atom stereocenters. The van der Waals surface area contributed by atoms with Crippen molar-refractivity contribution < 1.29 is 13.2 Å². The van der Waals surface area contributed by atoms with Gasteiger partial charge in [-0.25, -0.2) is 13.1 Å². The highest BCUT2D eigenvalue weighted by molar-refractivity contribution is 7.89. The minimum atomic E-state index is -3.65.